The first kappa shape index (κ1) is 17.6. The van der Waals surface area contributed by atoms with E-state index in [-0.39, 0.29) is 12.2 Å². The molecule has 2 saturated heterocycles. The standard InChI is InChI=1S/C20H29NO3/c1-23-20(24-2)11-10-19(22)16-12-17-8-9-18(13-16)21(17)14-15-6-4-3-5-7-15/h3-7,16-18,20H,8-14H2,1-2H3. The Hall–Kier alpha value is -1.23. The lowest BCUT2D eigenvalue weighted by molar-refractivity contribution is -0.132. The third-order valence-electron chi connectivity index (χ3n) is 5.70. The van der Waals surface area contributed by atoms with Gasteiger partial charge in [0.25, 0.3) is 0 Å². The van der Waals surface area contributed by atoms with Crippen LogP contribution in [0.15, 0.2) is 30.3 Å². The molecule has 4 nitrogen and oxygen atoms in total. The molecule has 3 rings (SSSR count). The molecule has 2 fully saturated rings. The van der Waals surface area contributed by atoms with E-state index in [1.165, 1.54) is 18.4 Å². The normalized spacial score (nSPS) is 26.9. The second-order valence-electron chi connectivity index (χ2n) is 7.12. The number of hydrogen-bond donors (Lipinski definition) is 0. The number of carbonyl (C=O) groups excluding carboxylic acids is 1. The highest BCUT2D eigenvalue weighted by Crippen LogP contribution is 2.40. The zero-order valence-electron chi connectivity index (χ0n) is 14.8. The quantitative estimate of drug-likeness (QED) is 0.685. The van der Waals surface area contributed by atoms with Crippen molar-refractivity contribution in [2.45, 2.75) is 63.4 Å². The zero-order chi connectivity index (χ0) is 16.9. The van der Waals surface area contributed by atoms with Gasteiger partial charge in [0.2, 0.25) is 0 Å². The number of rotatable bonds is 8. The van der Waals surface area contributed by atoms with Crippen LogP contribution in [0.3, 0.4) is 0 Å². The Kier molecular flexibility index (Phi) is 6.04. The number of piperidine rings is 1. The Labute approximate surface area is 145 Å². The summed E-state index contributed by atoms with van der Waals surface area (Å²) in [6.45, 7) is 1.02. The van der Waals surface area contributed by atoms with Crippen LogP contribution in [0.4, 0.5) is 0 Å². The van der Waals surface area contributed by atoms with Gasteiger partial charge in [-0.2, -0.15) is 0 Å². The second kappa shape index (κ2) is 8.24. The van der Waals surface area contributed by atoms with Crippen LogP contribution in [0.25, 0.3) is 0 Å². The van der Waals surface area contributed by atoms with E-state index in [2.05, 4.69) is 35.2 Å². The first-order valence-corrected chi connectivity index (χ1v) is 9.09. The van der Waals surface area contributed by atoms with Gasteiger partial charge in [0.1, 0.15) is 5.78 Å². The fraction of sp³-hybridized carbons (Fsp3) is 0.650. The molecule has 4 heteroatoms. The third-order valence-corrected chi connectivity index (χ3v) is 5.70. The molecule has 132 valence electrons. The molecule has 1 aromatic rings. The molecule has 2 heterocycles. The third kappa shape index (κ3) is 4.05. The lowest BCUT2D eigenvalue weighted by atomic mass is 9.85. The topological polar surface area (TPSA) is 38.8 Å². The summed E-state index contributed by atoms with van der Waals surface area (Å²) in [6, 6.07) is 11.8. The number of benzene rings is 1. The fourth-order valence-corrected chi connectivity index (χ4v) is 4.39. The average molecular weight is 331 g/mol. The molecule has 0 amide bonds. The first-order valence-electron chi connectivity index (χ1n) is 9.09. The molecule has 0 spiro atoms. The maximum Gasteiger partial charge on any atom is 0.157 e. The molecule has 0 aliphatic carbocycles. The van der Waals surface area contributed by atoms with Crippen LogP contribution in [0.5, 0.6) is 0 Å². The molecule has 0 saturated carbocycles. The zero-order valence-corrected chi connectivity index (χ0v) is 14.8. The van der Waals surface area contributed by atoms with Crippen LogP contribution < -0.4 is 0 Å². The van der Waals surface area contributed by atoms with Crippen LogP contribution in [-0.4, -0.2) is 43.3 Å². The highest BCUT2D eigenvalue weighted by atomic mass is 16.7. The molecule has 1 aromatic carbocycles. The van der Waals surface area contributed by atoms with Gasteiger partial charge in [0, 0.05) is 51.6 Å². The van der Waals surface area contributed by atoms with Crippen molar-refractivity contribution in [2.24, 2.45) is 5.92 Å². The number of hydrogen-bond acceptors (Lipinski definition) is 4. The van der Waals surface area contributed by atoms with Gasteiger partial charge in [-0.05, 0) is 31.2 Å². The molecular formula is C20H29NO3. The summed E-state index contributed by atoms with van der Waals surface area (Å²) in [6.07, 6.45) is 5.48. The Morgan fingerprint density at radius 3 is 2.33 bits per heavy atom. The monoisotopic (exact) mass is 331 g/mol. The van der Waals surface area contributed by atoms with E-state index in [1.807, 2.05) is 0 Å². The highest BCUT2D eigenvalue weighted by Gasteiger charge is 2.42. The molecular weight excluding hydrogens is 302 g/mol. The molecule has 24 heavy (non-hydrogen) atoms. The Bertz CT molecular complexity index is 515. The molecule has 2 bridgehead atoms. The fourth-order valence-electron chi connectivity index (χ4n) is 4.39. The smallest absolute Gasteiger partial charge is 0.157 e. The predicted molar refractivity (Wildman–Crippen MR) is 93.6 cm³/mol. The number of methoxy groups -OCH3 is 2. The van der Waals surface area contributed by atoms with E-state index in [4.69, 9.17) is 9.47 Å². The molecule has 0 N–H and O–H groups in total. The van der Waals surface area contributed by atoms with Crippen LogP contribution in [0, 0.1) is 5.92 Å². The first-order chi connectivity index (χ1) is 11.7. The Morgan fingerprint density at radius 2 is 1.75 bits per heavy atom. The maximum absolute atomic E-state index is 12.6. The van der Waals surface area contributed by atoms with Gasteiger partial charge < -0.3 is 9.47 Å². The summed E-state index contributed by atoms with van der Waals surface area (Å²) in [5.41, 5.74) is 1.38. The lowest BCUT2D eigenvalue weighted by Crippen LogP contribution is -2.44. The SMILES string of the molecule is COC(CCC(=O)C1CC2CCC(C1)N2Cc1ccccc1)OC. The van der Waals surface area contributed by atoms with E-state index < -0.39 is 0 Å². The van der Waals surface area contributed by atoms with Crippen LogP contribution >= 0.6 is 0 Å². The summed E-state index contributed by atoms with van der Waals surface area (Å²) in [5.74, 6) is 0.620. The minimum absolute atomic E-state index is 0.226. The van der Waals surface area contributed by atoms with Gasteiger partial charge in [-0.1, -0.05) is 30.3 Å². The Balaban J connectivity index is 1.54. The molecule has 2 unspecified atom stereocenters. The van der Waals surface area contributed by atoms with Gasteiger partial charge in [-0.25, -0.2) is 0 Å². The highest BCUT2D eigenvalue weighted by molar-refractivity contribution is 5.81. The molecule has 0 radical (unpaired) electrons. The van der Waals surface area contributed by atoms with Crippen LogP contribution in [0.1, 0.15) is 44.1 Å². The van der Waals surface area contributed by atoms with Crippen molar-refractivity contribution in [3.63, 3.8) is 0 Å². The minimum Gasteiger partial charge on any atom is -0.356 e. The lowest BCUT2D eigenvalue weighted by Gasteiger charge is -2.38. The number of carbonyl (C=O) groups is 1. The summed E-state index contributed by atoms with van der Waals surface area (Å²) in [7, 11) is 3.25. The number of fused-ring (bicyclic) bond motifs is 2. The summed E-state index contributed by atoms with van der Waals surface area (Å²) >= 11 is 0. The maximum atomic E-state index is 12.6. The van der Waals surface area contributed by atoms with Crippen LogP contribution in [0.2, 0.25) is 0 Å². The van der Waals surface area contributed by atoms with E-state index in [9.17, 15) is 4.79 Å². The average Bonchev–Trinajstić information content (AvgIpc) is 2.84. The number of Topliss-reactive ketones (excluding diaryl/α,β-unsaturated/α-hetero) is 1. The van der Waals surface area contributed by atoms with Crippen molar-refractivity contribution < 1.29 is 14.3 Å². The van der Waals surface area contributed by atoms with E-state index >= 15 is 0 Å². The second-order valence-corrected chi connectivity index (χ2v) is 7.12. The van der Waals surface area contributed by atoms with Crippen molar-refractivity contribution in [3.05, 3.63) is 35.9 Å². The van der Waals surface area contributed by atoms with Gasteiger partial charge in [-0.3, -0.25) is 9.69 Å². The van der Waals surface area contributed by atoms with Crippen molar-refractivity contribution in [2.75, 3.05) is 14.2 Å². The summed E-state index contributed by atoms with van der Waals surface area (Å²) in [5, 5.41) is 0. The van der Waals surface area contributed by atoms with Gasteiger partial charge in [-0.15, -0.1) is 0 Å². The molecule has 2 aliphatic rings. The van der Waals surface area contributed by atoms with Gasteiger partial charge in [0.15, 0.2) is 6.29 Å². The van der Waals surface area contributed by atoms with E-state index in [0.29, 0.717) is 30.7 Å². The van der Waals surface area contributed by atoms with Crippen LogP contribution in [-0.2, 0) is 20.8 Å². The van der Waals surface area contributed by atoms with E-state index in [1.54, 1.807) is 14.2 Å². The number of nitrogens with zero attached hydrogens (tertiary/aromatic N) is 1. The molecule has 0 aromatic heterocycles. The number of ketones is 1. The number of ether oxygens (including phenoxy) is 2. The van der Waals surface area contributed by atoms with Crippen molar-refractivity contribution >= 4 is 5.78 Å². The summed E-state index contributed by atoms with van der Waals surface area (Å²) < 4.78 is 10.4. The largest absolute Gasteiger partial charge is 0.356 e. The van der Waals surface area contributed by atoms with Crippen molar-refractivity contribution in [1.29, 1.82) is 0 Å². The van der Waals surface area contributed by atoms with Gasteiger partial charge >= 0.3 is 0 Å². The molecule has 2 atom stereocenters. The predicted octanol–water partition coefficient (Wildman–Crippen LogP) is 3.40. The van der Waals surface area contributed by atoms with Crippen molar-refractivity contribution in [3.8, 4) is 0 Å². The Morgan fingerprint density at radius 1 is 1.12 bits per heavy atom. The van der Waals surface area contributed by atoms with Crippen molar-refractivity contribution in [1.82, 2.24) is 4.90 Å². The van der Waals surface area contributed by atoms with Gasteiger partial charge in [0.05, 0.1) is 0 Å². The van der Waals surface area contributed by atoms with E-state index in [0.717, 1.165) is 19.4 Å². The summed E-state index contributed by atoms with van der Waals surface area (Å²) in [4.78, 5) is 15.2. The molecule has 2 aliphatic heterocycles. The minimum atomic E-state index is -0.260.